The van der Waals surface area contributed by atoms with Crippen LogP contribution < -0.4 is 19.7 Å². The molecule has 6 heteroatoms. The molecule has 0 aliphatic carbocycles. The first kappa shape index (κ1) is 16.2. The van der Waals surface area contributed by atoms with Crippen LogP contribution in [0.3, 0.4) is 0 Å². The van der Waals surface area contributed by atoms with Gasteiger partial charge in [-0.3, -0.25) is 0 Å². The highest BCUT2D eigenvalue weighted by Gasteiger charge is 2.15. The molecule has 0 spiro atoms. The van der Waals surface area contributed by atoms with Gasteiger partial charge in [0.1, 0.15) is 5.82 Å². The van der Waals surface area contributed by atoms with Gasteiger partial charge in [0.15, 0.2) is 11.5 Å². The number of para-hydroxylation sites is 1. The van der Waals surface area contributed by atoms with E-state index in [1.807, 2.05) is 49.4 Å². The first-order valence-corrected chi connectivity index (χ1v) is 8.58. The summed E-state index contributed by atoms with van der Waals surface area (Å²) in [5, 5.41) is 3.33. The molecule has 6 nitrogen and oxygen atoms in total. The molecule has 0 bridgehead atoms. The van der Waals surface area contributed by atoms with Gasteiger partial charge in [0, 0.05) is 35.7 Å². The zero-order valence-electron chi connectivity index (χ0n) is 14.8. The topological polar surface area (TPSA) is 59.5 Å². The third kappa shape index (κ3) is 3.26. The number of nitrogens with one attached hydrogen (secondary N) is 1. The standard InChI is InChI=1S/C20H20N4O2/c1-3-24(16-7-5-4-6-8-16)20-21-14(2)11-19(23-20)22-15-9-10-17-18(12-15)26-13-25-17/h4-12H,3,13H2,1-2H3,(H,21,22,23). The Morgan fingerprint density at radius 2 is 1.81 bits per heavy atom. The summed E-state index contributed by atoms with van der Waals surface area (Å²) in [6, 6.07) is 17.8. The number of aryl methyl sites for hydroxylation is 1. The van der Waals surface area contributed by atoms with Crippen LogP contribution in [0.2, 0.25) is 0 Å². The Morgan fingerprint density at radius 1 is 1.00 bits per heavy atom. The van der Waals surface area contributed by atoms with Crippen molar-refractivity contribution in [1.29, 1.82) is 0 Å². The Balaban J connectivity index is 1.64. The summed E-state index contributed by atoms with van der Waals surface area (Å²) in [5.74, 6) is 2.90. The van der Waals surface area contributed by atoms with Crippen molar-refractivity contribution in [3.05, 3.63) is 60.3 Å². The molecule has 0 saturated heterocycles. The molecule has 0 amide bonds. The molecule has 0 atom stereocenters. The van der Waals surface area contributed by atoms with E-state index in [9.17, 15) is 0 Å². The lowest BCUT2D eigenvalue weighted by molar-refractivity contribution is 0.174. The molecule has 0 unspecified atom stereocenters. The van der Waals surface area contributed by atoms with Gasteiger partial charge in [-0.15, -0.1) is 0 Å². The zero-order valence-corrected chi connectivity index (χ0v) is 14.8. The van der Waals surface area contributed by atoms with E-state index in [-0.39, 0.29) is 6.79 Å². The summed E-state index contributed by atoms with van der Waals surface area (Å²) >= 11 is 0. The van der Waals surface area contributed by atoms with Crippen LogP contribution in [0.5, 0.6) is 11.5 Å². The molecule has 0 radical (unpaired) electrons. The second-order valence-corrected chi connectivity index (χ2v) is 5.97. The lowest BCUT2D eigenvalue weighted by Crippen LogP contribution is -2.19. The molecule has 1 N–H and O–H groups in total. The van der Waals surface area contributed by atoms with Crippen LogP contribution >= 0.6 is 0 Å². The van der Waals surface area contributed by atoms with Crippen molar-refractivity contribution >= 4 is 23.1 Å². The minimum absolute atomic E-state index is 0.262. The van der Waals surface area contributed by atoms with Crippen molar-refractivity contribution in [3.63, 3.8) is 0 Å². The van der Waals surface area contributed by atoms with Crippen molar-refractivity contribution in [1.82, 2.24) is 9.97 Å². The number of fused-ring (bicyclic) bond motifs is 1. The molecule has 132 valence electrons. The molecule has 2 heterocycles. The van der Waals surface area contributed by atoms with E-state index >= 15 is 0 Å². The summed E-state index contributed by atoms with van der Waals surface area (Å²) in [7, 11) is 0. The van der Waals surface area contributed by atoms with Crippen molar-refractivity contribution in [2.24, 2.45) is 0 Å². The maximum atomic E-state index is 5.43. The first-order chi connectivity index (χ1) is 12.7. The lowest BCUT2D eigenvalue weighted by atomic mass is 10.2. The molecule has 1 aliphatic rings. The summed E-state index contributed by atoms with van der Waals surface area (Å²) in [4.78, 5) is 11.4. The number of hydrogen-bond acceptors (Lipinski definition) is 6. The van der Waals surface area contributed by atoms with Crippen molar-refractivity contribution < 1.29 is 9.47 Å². The number of nitrogens with zero attached hydrogens (tertiary/aromatic N) is 3. The highest BCUT2D eigenvalue weighted by molar-refractivity contribution is 5.64. The van der Waals surface area contributed by atoms with Crippen LogP contribution in [0.4, 0.5) is 23.1 Å². The normalized spacial score (nSPS) is 12.1. The molecule has 3 aromatic rings. The van der Waals surface area contributed by atoms with Crippen LogP contribution in [0.1, 0.15) is 12.6 Å². The van der Waals surface area contributed by atoms with Gasteiger partial charge in [-0.2, -0.15) is 4.98 Å². The van der Waals surface area contributed by atoms with Gasteiger partial charge in [0.2, 0.25) is 12.7 Å². The molecule has 0 fully saturated rings. The van der Waals surface area contributed by atoms with Gasteiger partial charge in [0.25, 0.3) is 0 Å². The van der Waals surface area contributed by atoms with Crippen LogP contribution in [-0.2, 0) is 0 Å². The smallest absolute Gasteiger partial charge is 0.232 e. The molecule has 4 rings (SSSR count). The average molecular weight is 348 g/mol. The Bertz CT molecular complexity index is 915. The maximum absolute atomic E-state index is 5.43. The number of aromatic nitrogens is 2. The fourth-order valence-electron chi connectivity index (χ4n) is 2.91. The number of anilines is 4. The molecule has 0 saturated carbocycles. The number of benzene rings is 2. The maximum Gasteiger partial charge on any atom is 0.232 e. The average Bonchev–Trinajstić information content (AvgIpc) is 3.11. The Morgan fingerprint density at radius 3 is 2.62 bits per heavy atom. The highest BCUT2D eigenvalue weighted by atomic mass is 16.7. The summed E-state index contributed by atoms with van der Waals surface area (Å²) in [6.07, 6.45) is 0. The Kier molecular flexibility index (Phi) is 4.31. The van der Waals surface area contributed by atoms with Crippen LogP contribution in [0.15, 0.2) is 54.6 Å². The van der Waals surface area contributed by atoms with E-state index in [0.717, 1.165) is 40.9 Å². The summed E-state index contributed by atoms with van der Waals surface area (Å²) in [5.41, 5.74) is 2.85. The molecule has 26 heavy (non-hydrogen) atoms. The van der Waals surface area contributed by atoms with E-state index in [0.29, 0.717) is 5.95 Å². The van der Waals surface area contributed by atoms with Crippen molar-refractivity contribution in [2.75, 3.05) is 23.6 Å². The van der Waals surface area contributed by atoms with Gasteiger partial charge in [-0.1, -0.05) is 18.2 Å². The molecule has 2 aromatic carbocycles. The summed E-state index contributed by atoms with van der Waals surface area (Å²) < 4.78 is 10.8. The lowest BCUT2D eigenvalue weighted by Gasteiger charge is -2.22. The predicted octanol–water partition coefficient (Wildman–Crippen LogP) is 4.42. The monoisotopic (exact) mass is 348 g/mol. The number of ether oxygens (including phenoxy) is 2. The van der Waals surface area contributed by atoms with Gasteiger partial charge < -0.3 is 19.7 Å². The largest absolute Gasteiger partial charge is 0.454 e. The third-order valence-electron chi connectivity index (χ3n) is 4.11. The minimum atomic E-state index is 0.262. The van der Waals surface area contributed by atoms with Crippen LogP contribution in [-0.4, -0.2) is 23.3 Å². The first-order valence-electron chi connectivity index (χ1n) is 8.58. The van der Waals surface area contributed by atoms with E-state index in [1.165, 1.54) is 0 Å². The second-order valence-electron chi connectivity index (χ2n) is 5.97. The van der Waals surface area contributed by atoms with Crippen LogP contribution in [0, 0.1) is 6.92 Å². The Labute approximate surface area is 152 Å². The zero-order chi connectivity index (χ0) is 17.9. The minimum Gasteiger partial charge on any atom is -0.454 e. The van der Waals surface area contributed by atoms with Gasteiger partial charge in [-0.05, 0) is 38.1 Å². The fourth-order valence-corrected chi connectivity index (χ4v) is 2.91. The van der Waals surface area contributed by atoms with Crippen molar-refractivity contribution in [3.8, 4) is 11.5 Å². The molecule has 1 aromatic heterocycles. The van der Waals surface area contributed by atoms with E-state index in [2.05, 4.69) is 34.3 Å². The fraction of sp³-hybridized carbons (Fsp3) is 0.200. The Hall–Kier alpha value is -3.28. The van der Waals surface area contributed by atoms with Gasteiger partial charge in [0.05, 0.1) is 0 Å². The molecular formula is C20H20N4O2. The third-order valence-corrected chi connectivity index (χ3v) is 4.11. The molecule has 1 aliphatic heterocycles. The van der Waals surface area contributed by atoms with Gasteiger partial charge in [-0.25, -0.2) is 4.98 Å². The summed E-state index contributed by atoms with van der Waals surface area (Å²) in [6.45, 7) is 5.09. The van der Waals surface area contributed by atoms with E-state index in [1.54, 1.807) is 0 Å². The second kappa shape index (κ2) is 6.92. The van der Waals surface area contributed by atoms with E-state index in [4.69, 9.17) is 14.5 Å². The van der Waals surface area contributed by atoms with Gasteiger partial charge >= 0.3 is 0 Å². The molecular weight excluding hydrogens is 328 g/mol. The van der Waals surface area contributed by atoms with Crippen LogP contribution in [0.25, 0.3) is 0 Å². The van der Waals surface area contributed by atoms with E-state index < -0.39 is 0 Å². The number of rotatable bonds is 5. The number of hydrogen-bond donors (Lipinski definition) is 1. The van der Waals surface area contributed by atoms with Crippen molar-refractivity contribution in [2.45, 2.75) is 13.8 Å². The highest BCUT2D eigenvalue weighted by Crippen LogP contribution is 2.35. The predicted molar refractivity (Wildman–Crippen MR) is 102 cm³/mol. The quantitative estimate of drug-likeness (QED) is 0.737. The SMILES string of the molecule is CCN(c1ccccc1)c1nc(C)cc(Nc2ccc3c(c2)OCO3)n1.